The van der Waals surface area contributed by atoms with Gasteiger partial charge in [0.15, 0.2) is 5.78 Å². The Morgan fingerprint density at radius 1 is 1.07 bits per heavy atom. The average molecular weight is 672 g/mol. The van der Waals surface area contributed by atoms with Crippen LogP contribution in [0.2, 0.25) is 0 Å². The summed E-state index contributed by atoms with van der Waals surface area (Å²) in [4.78, 5) is 58.8. The molecule has 0 spiro atoms. The third kappa shape index (κ3) is 5.28. The summed E-state index contributed by atoms with van der Waals surface area (Å²) < 4.78 is 30.6. The van der Waals surface area contributed by atoms with Gasteiger partial charge in [-0.25, -0.2) is 13.8 Å². The zero-order valence-electron chi connectivity index (χ0n) is 24.6. The molecule has 3 amide bonds. The summed E-state index contributed by atoms with van der Waals surface area (Å²) >= 11 is 3.32. The highest BCUT2D eigenvalue weighted by atomic mass is 79.9. The number of rotatable bonds is 8. The van der Waals surface area contributed by atoms with Crippen LogP contribution in [0.15, 0.2) is 34.9 Å². The first-order chi connectivity index (χ1) is 20.8. The number of fused-ring (bicyclic) bond motifs is 2. The van der Waals surface area contributed by atoms with E-state index in [1.54, 1.807) is 25.1 Å². The maximum atomic E-state index is 14.3. The second-order valence-electron chi connectivity index (χ2n) is 12.3. The Labute approximate surface area is 261 Å². The Morgan fingerprint density at radius 2 is 1.84 bits per heavy atom. The first-order valence-corrected chi connectivity index (χ1v) is 15.5. The van der Waals surface area contributed by atoms with Gasteiger partial charge >= 0.3 is 0 Å². The van der Waals surface area contributed by atoms with Crippen LogP contribution in [0, 0.1) is 25.2 Å². The highest BCUT2D eigenvalue weighted by Crippen LogP contribution is 2.59. The lowest BCUT2D eigenvalue weighted by Gasteiger charge is -2.27. The van der Waals surface area contributed by atoms with Gasteiger partial charge in [-0.3, -0.25) is 23.9 Å². The Balaban J connectivity index is 1.27. The van der Waals surface area contributed by atoms with E-state index in [0.717, 1.165) is 11.1 Å². The summed E-state index contributed by atoms with van der Waals surface area (Å²) in [5, 5.41) is 10.7. The number of hydrogen-bond donors (Lipinski definition) is 2. The Bertz CT molecular complexity index is 1710. The molecular weight excluding hydrogens is 638 g/mol. The predicted octanol–water partition coefficient (Wildman–Crippen LogP) is 4.56. The number of amides is 3. The van der Waals surface area contributed by atoms with E-state index in [1.165, 1.54) is 16.5 Å². The van der Waals surface area contributed by atoms with Crippen LogP contribution >= 0.6 is 15.9 Å². The van der Waals surface area contributed by atoms with Crippen molar-refractivity contribution in [3.63, 3.8) is 0 Å². The maximum Gasteiger partial charge on any atom is 0.259 e. The number of halogens is 3. The molecule has 1 aromatic carbocycles. The minimum absolute atomic E-state index is 0.0864. The molecule has 232 valence electrons. The van der Waals surface area contributed by atoms with E-state index in [0.29, 0.717) is 34.2 Å². The van der Waals surface area contributed by atoms with Crippen molar-refractivity contribution in [1.29, 1.82) is 0 Å². The van der Waals surface area contributed by atoms with Crippen molar-refractivity contribution in [3.05, 3.63) is 51.8 Å². The number of para-hydroxylation sites is 1. The van der Waals surface area contributed by atoms with Gasteiger partial charge in [-0.1, -0.05) is 24.3 Å². The van der Waals surface area contributed by atoms with Gasteiger partial charge in [0, 0.05) is 36.7 Å². The van der Waals surface area contributed by atoms with Gasteiger partial charge in [-0.15, -0.1) is 0 Å². The number of alkyl halides is 2. The van der Waals surface area contributed by atoms with Crippen LogP contribution in [-0.4, -0.2) is 67.7 Å². The van der Waals surface area contributed by atoms with Crippen LogP contribution in [0.1, 0.15) is 60.6 Å². The first-order valence-electron chi connectivity index (χ1n) is 14.7. The van der Waals surface area contributed by atoms with Crippen LogP contribution in [0.5, 0.6) is 0 Å². The third-order valence-electron chi connectivity index (χ3n) is 9.35. The number of Topliss-reactive ketones (excluding diaryl/α,β-unsaturated/α-hetero) is 1. The molecule has 0 radical (unpaired) electrons. The lowest BCUT2D eigenvalue weighted by molar-refractivity contribution is -0.138. The topological polar surface area (TPSA) is 126 Å². The number of pyridine rings is 1. The summed E-state index contributed by atoms with van der Waals surface area (Å²) in [6, 6.07) is 7.78. The summed E-state index contributed by atoms with van der Waals surface area (Å²) in [5.74, 6) is -5.78. The van der Waals surface area contributed by atoms with Crippen molar-refractivity contribution in [2.75, 3.05) is 11.9 Å². The monoisotopic (exact) mass is 670 g/mol. The number of hydrogen-bond acceptors (Lipinski definition) is 6. The van der Waals surface area contributed by atoms with E-state index >= 15 is 0 Å². The minimum Gasteiger partial charge on any atom is -0.355 e. The number of anilines is 1. The van der Waals surface area contributed by atoms with Crippen LogP contribution in [-0.2, 0) is 20.9 Å². The van der Waals surface area contributed by atoms with E-state index in [9.17, 15) is 28.0 Å². The van der Waals surface area contributed by atoms with E-state index in [-0.39, 0.29) is 55.8 Å². The lowest BCUT2D eigenvalue weighted by Crippen LogP contribution is -2.47. The van der Waals surface area contributed by atoms with Crippen LogP contribution in [0.3, 0.4) is 0 Å². The van der Waals surface area contributed by atoms with E-state index in [1.807, 2.05) is 19.1 Å². The molecule has 3 aliphatic rings. The molecule has 6 rings (SSSR count). The minimum atomic E-state index is -3.04. The van der Waals surface area contributed by atoms with Crippen LogP contribution < -0.4 is 10.6 Å². The molecule has 2 aliphatic carbocycles. The molecule has 44 heavy (non-hydrogen) atoms. The van der Waals surface area contributed by atoms with Gasteiger partial charge in [0.1, 0.15) is 34.6 Å². The molecule has 3 aromatic rings. The van der Waals surface area contributed by atoms with Crippen molar-refractivity contribution in [1.82, 2.24) is 25.0 Å². The number of nitrogens with zero attached hydrogens (tertiary/aromatic N) is 4. The quantitative estimate of drug-likeness (QED) is 0.267. The number of carbonyl (C=O) groups excluding carboxylic acids is 4. The van der Waals surface area contributed by atoms with Gasteiger partial charge < -0.3 is 15.5 Å². The molecule has 0 bridgehead atoms. The maximum absolute atomic E-state index is 14.3. The fraction of sp³-hybridized carbons (Fsp3) is 0.484. The van der Waals surface area contributed by atoms with E-state index in [4.69, 9.17) is 0 Å². The molecule has 1 aliphatic heterocycles. The second kappa shape index (κ2) is 11.0. The Kier molecular flexibility index (Phi) is 7.58. The highest BCUT2D eigenvalue weighted by molar-refractivity contribution is 9.10. The Morgan fingerprint density at radius 3 is 2.55 bits per heavy atom. The number of benzene rings is 1. The van der Waals surface area contributed by atoms with Crippen molar-refractivity contribution >= 4 is 56.2 Å². The van der Waals surface area contributed by atoms with Gasteiger partial charge in [-0.2, -0.15) is 5.10 Å². The third-order valence-corrected chi connectivity index (χ3v) is 9.79. The van der Waals surface area contributed by atoms with E-state index < -0.39 is 35.1 Å². The summed E-state index contributed by atoms with van der Waals surface area (Å²) in [6.45, 7) is 4.97. The zero-order valence-corrected chi connectivity index (χ0v) is 26.2. The second-order valence-corrected chi connectivity index (χ2v) is 13.2. The molecule has 3 fully saturated rings. The molecule has 2 saturated carbocycles. The smallest absolute Gasteiger partial charge is 0.259 e. The molecule has 1 saturated heterocycles. The first kappa shape index (κ1) is 30.3. The largest absolute Gasteiger partial charge is 0.355 e. The molecule has 13 heteroatoms. The summed E-state index contributed by atoms with van der Waals surface area (Å²) in [5.41, 5.74) is 1.88. The summed E-state index contributed by atoms with van der Waals surface area (Å²) in [6.07, 6.45) is 0.888. The Hall–Kier alpha value is -3.74. The molecule has 4 atom stereocenters. The highest BCUT2D eigenvalue weighted by Gasteiger charge is 2.67. The number of aryl methyl sites for hydroxylation is 2. The van der Waals surface area contributed by atoms with Crippen molar-refractivity contribution in [2.45, 2.75) is 77.4 Å². The normalized spacial score (nSPS) is 25.1. The van der Waals surface area contributed by atoms with Gasteiger partial charge in [0.2, 0.25) is 17.7 Å². The van der Waals surface area contributed by atoms with Crippen LogP contribution in [0.25, 0.3) is 10.9 Å². The van der Waals surface area contributed by atoms with Gasteiger partial charge in [0.25, 0.3) is 5.92 Å². The summed E-state index contributed by atoms with van der Waals surface area (Å²) in [7, 11) is 0. The lowest BCUT2D eigenvalue weighted by atomic mass is 9.97. The predicted molar refractivity (Wildman–Crippen MR) is 161 cm³/mol. The number of ketones is 1. The SMILES string of the molecule is CC(=O)c1nn(CC(=O)N2[C@H](C(=O)Nc3nc(Br)ccc3C)C[C@@]3(CNC(=O)C4CCCC4(F)F)C[C@@H]23)c2c(C)cccc12. The number of likely N-dealkylation sites (tertiary alicyclic amines) is 1. The van der Waals surface area contributed by atoms with Gasteiger partial charge in [0.05, 0.1) is 5.52 Å². The molecular formula is C31H33BrF2N6O4. The number of aromatic nitrogens is 3. The fourth-order valence-electron chi connectivity index (χ4n) is 6.94. The molecule has 2 aromatic heterocycles. The molecule has 3 heterocycles. The van der Waals surface area contributed by atoms with Crippen molar-refractivity contribution in [3.8, 4) is 0 Å². The van der Waals surface area contributed by atoms with Crippen LogP contribution in [0.4, 0.5) is 14.6 Å². The fourth-order valence-corrected chi connectivity index (χ4v) is 7.25. The standard InChI is InChI=1S/C31H33BrF2N6O4/c1-16-6-4-7-19-25(18(3)41)38-39(26(16)19)14-24(42)40-21(29(44)37-27-17(2)9-10-23(32)36-27)12-30(13-22(30)40)15-35-28(43)20-8-5-11-31(20,33)34/h4,6-7,9-10,20-22H,5,8,11-15H2,1-3H3,(H,35,43)(H,36,37,44)/t20?,21-,22+,30-/m0/s1. The number of piperidine rings is 1. The molecule has 10 nitrogen and oxygen atoms in total. The molecule has 2 N–H and O–H groups in total. The number of carbonyl (C=O) groups is 4. The van der Waals surface area contributed by atoms with Crippen molar-refractivity contribution < 1.29 is 28.0 Å². The molecule has 1 unspecified atom stereocenters. The zero-order chi connectivity index (χ0) is 31.6. The van der Waals surface area contributed by atoms with Gasteiger partial charge in [-0.05, 0) is 72.7 Å². The van der Waals surface area contributed by atoms with E-state index in [2.05, 4.69) is 36.6 Å². The number of nitrogens with one attached hydrogen (secondary N) is 2. The average Bonchev–Trinajstić information content (AvgIpc) is 3.20. The van der Waals surface area contributed by atoms with Crippen molar-refractivity contribution in [2.24, 2.45) is 11.3 Å².